The molecule has 7 nitrogen and oxygen atoms in total. The van der Waals surface area contributed by atoms with E-state index < -0.39 is 0 Å². The van der Waals surface area contributed by atoms with E-state index in [-0.39, 0.29) is 23.5 Å². The van der Waals surface area contributed by atoms with E-state index in [1.165, 1.54) is 9.80 Å². The molecular weight excluding hydrogens is 378 g/mol. The van der Waals surface area contributed by atoms with Crippen molar-refractivity contribution in [1.82, 2.24) is 19.7 Å². The number of anilines is 1. The molecule has 0 aliphatic rings. The van der Waals surface area contributed by atoms with Crippen molar-refractivity contribution in [3.8, 4) is 5.69 Å². The molecule has 0 spiro atoms. The van der Waals surface area contributed by atoms with E-state index in [4.69, 9.17) is 11.6 Å². The lowest BCUT2D eigenvalue weighted by atomic mass is 10.2. The molecule has 0 fully saturated rings. The molecule has 144 valence electrons. The highest BCUT2D eigenvalue weighted by Crippen LogP contribution is 2.26. The first-order valence-electron chi connectivity index (χ1n) is 8.77. The fourth-order valence-electron chi connectivity index (χ4n) is 2.79. The number of pyridine rings is 1. The Morgan fingerprint density at radius 3 is 2.54 bits per heavy atom. The van der Waals surface area contributed by atoms with Crippen molar-refractivity contribution < 1.29 is 9.59 Å². The van der Waals surface area contributed by atoms with E-state index in [2.05, 4.69) is 10.1 Å². The van der Waals surface area contributed by atoms with Gasteiger partial charge in [-0.1, -0.05) is 29.8 Å². The van der Waals surface area contributed by atoms with Gasteiger partial charge in [-0.3, -0.25) is 14.6 Å². The summed E-state index contributed by atoms with van der Waals surface area (Å²) >= 11 is 6.28. The quantitative estimate of drug-likeness (QED) is 0.641. The van der Waals surface area contributed by atoms with Gasteiger partial charge in [0, 0.05) is 25.4 Å². The molecule has 0 saturated heterocycles. The van der Waals surface area contributed by atoms with Gasteiger partial charge in [0.2, 0.25) is 5.91 Å². The minimum absolute atomic E-state index is 0.0734. The number of aromatic nitrogens is 3. The van der Waals surface area contributed by atoms with Crippen LogP contribution in [0.1, 0.15) is 17.3 Å². The molecule has 0 atom stereocenters. The van der Waals surface area contributed by atoms with Crippen molar-refractivity contribution in [2.75, 3.05) is 25.0 Å². The van der Waals surface area contributed by atoms with Crippen LogP contribution in [0.2, 0.25) is 5.15 Å². The Kier molecular flexibility index (Phi) is 6.06. The summed E-state index contributed by atoms with van der Waals surface area (Å²) in [5, 5.41) is 4.47. The molecule has 2 amide bonds. The Morgan fingerprint density at radius 1 is 1.14 bits per heavy atom. The molecule has 3 rings (SSSR count). The molecule has 0 radical (unpaired) electrons. The largest absolute Gasteiger partial charge is 0.332 e. The van der Waals surface area contributed by atoms with Gasteiger partial charge in [-0.15, -0.1) is 0 Å². The molecule has 2 heterocycles. The molecule has 8 heteroatoms. The molecule has 0 saturated carbocycles. The topological polar surface area (TPSA) is 71.3 Å². The van der Waals surface area contributed by atoms with Gasteiger partial charge in [-0.05, 0) is 31.2 Å². The van der Waals surface area contributed by atoms with E-state index >= 15 is 0 Å². The molecule has 2 aromatic heterocycles. The number of carbonyl (C=O) groups is 2. The Hall–Kier alpha value is -3.19. The van der Waals surface area contributed by atoms with Crippen LogP contribution in [-0.4, -0.2) is 51.6 Å². The normalized spacial score (nSPS) is 10.5. The van der Waals surface area contributed by atoms with Crippen LogP contribution in [0.3, 0.4) is 0 Å². The first kappa shape index (κ1) is 19.6. The maximum Gasteiger partial charge on any atom is 0.254 e. The van der Waals surface area contributed by atoms with Crippen molar-refractivity contribution in [3.05, 3.63) is 71.8 Å². The van der Waals surface area contributed by atoms with Crippen molar-refractivity contribution in [2.45, 2.75) is 6.92 Å². The predicted molar refractivity (Wildman–Crippen MR) is 108 cm³/mol. The highest BCUT2D eigenvalue weighted by Gasteiger charge is 2.23. The highest BCUT2D eigenvalue weighted by atomic mass is 35.5. The van der Waals surface area contributed by atoms with Gasteiger partial charge in [-0.2, -0.15) is 5.10 Å². The molecule has 0 bridgehead atoms. The van der Waals surface area contributed by atoms with E-state index in [1.54, 1.807) is 60.7 Å². The minimum Gasteiger partial charge on any atom is -0.332 e. The third-order valence-corrected chi connectivity index (χ3v) is 4.48. The molecule has 1 aromatic carbocycles. The summed E-state index contributed by atoms with van der Waals surface area (Å²) < 4.78 is 1.57. The summed E-state index contributed by atoms with van der Waals surface area (Å²) in [6.45, 7) is 2.16. The number of nitrogens with zero attached hydrogens (tertiary/aromatic N) is 5. The SMILES string of the molecule is CCN(C(=O)CN(C)C(=O)c1ccccc1)c1cn(-c2cccnc2)nc1Cl. The highest BCUT2D eigenvalue weighted by molar-refractivity contribution is 6.32. The predicted octanol–water partition coefficient (Wildman–Crippen LogP) is 3.05. The zero-order valence-corrected chi connectivity index (χ0v) is 16.4. The van der Waals surface area contributed by atoms with Crippen molar-refractivity contribution in [3.63, 3.8) is 0 Å². The molecule has 28 heavy (non-hydrogen) atoms. The average molecular weight is 398 g/mol. The Bertz CT molecular complexity index is 959. The number of amides is 2. The van der Waals surface area contributed by atoms with E-state index in [0.29, 0.717) is 17.8 Å². The van der Waals surface area contributed by atoms with Crippen LogP contribution in [-0.2, 0) is 4.79 Å². The number of carbonyl (C=O) groups excluding carboxylic acids is 2. The zero-order chi connectivity index (χ0) is 20.1. The van der Waals surface area contributed by atoms with Gasteiger partial charge >= 0.3 is 0 Å². The zero-order valence-electron chi connectivity index (χ0n) is 15.6. The number of hydrogen-bond acceptors (Lipinski definition) is 4. The van der Waals surface area contributed by atoms with Crippen LogP contribution >= 0.6 is 11.6 Å². The lowest BCUT2D eigenvalue weighted by Crippen LogP contribution is -2.41. The number of benzene rings is 1. The Labute approximate surface area is 168 Å². The molecular formula is C20H20ClN5O2. The average Bonchev–Trinajstić information content (AvgIpc) is 3.10. The lowest BCUT2D eigenvalue weighted by molar-refractivity contribution is -0.119. The van der Waals surface area contributed by atoms with Gasteiger partial charge in [0.05, 0.1) is 18.1 Å². The third-order valence-electron chi connectivity index (χ3n) is 4.21. The van der Waals surface area contributed by atoms with Crippen LogP contribution in [0.4, 0.5) is 5.69 Å². The van der Waals surface area contributed by atoms with Gasteiger partial charge in [0.1, 0.15) is 12.2 Å². The number of hydrogen-bond donors (Lipinski definition) is 0. The fraction of sp³-hybridized carbons (Fsp3) is 0.200. The van der Waals surface area contributed by atoms with Crippen LogP contribution in [0.5, 0.6) is 0 Å². The van der Waals surface area contributed by atoms with Gasteiger partial charge in [-0.25, -0.2) is 4.68 Å². The monoisotopic (exact) mass is 397 g/mol. The first-order chi connectivity index (χ1) is 13.5. The molecule has 0 unspecified atom stereocenters. The second-order valence-corrected chi connectivity index (χ2v) is 6.48. The summed E-state index contributed by atoms with van der Waals surface area (Å²) in [5.41, 5.74) is 1.75. The van der Waals surface area contributed by atoms with Crippen molar-refractivity contribution in [1.29, 1.82) is 0 Å². The molecule has 0 N–H and O–H groups in total. The van der Waals surface area contributed by atoms with E-state index in [9.17, 15) is 9.59 Å². The van der Waals surface area contributed by atoms with E-state index in [0.717, 1.165) is 5.69 Å². The number of likely N-dealkylation sites (N-methyl/N-ethyl adjacent to an activating group) is 2. The van der Waals surface area contributed by atoms with Crippen molar-refractivity contribution in [2.24, 2.45) is 0 Å². The number of halogens is 1. The smallest absolute Gasteiger partial charge is 0.254 e. The van der Waals surface area contributed by atoms with Gasteiger partial charge in [0.15, 0.2) is 5.15 Å². The fourth-order valence-corrected chi connectivity index (χ4v) is 3.02. The standard InChI is InChI=1S/C20H20ClN5O2/c1-3-25(17-13-26(23-19(17)21)16-10-7-11-22-12-16)18(27)14-24(2)20(28)15-8-5-4-6-9-15/h4-13H,3,14H2,1-2H3. The van der Waals surface area contributed by atoms with Gasteiger partial charge < -0.3 is 9.80 Å². The molecule has 0 aliphatic heterocycles. The summed E-state index contributed by atoms with van der Waals surface area (Å²) in [6, 6.07) is 12.5. The second kappa shape index (κ2) is 8.67. The maximum absolute atomic E-state index is 12.8. The van der Waals surface area contributed by atoms with Crippen molar-refractivity contribution >= 4 is 29.1 Å². The lowest BCUT2D eigenvalue weighted by Gasteiger charge is -2.23. The summed E-state index contributed by atoms with van der Waals surface area (Å²) in [6.07, 6.45) is 4.99. The molecule has 3 aromatic rings. The van der Waals surface area contributed by atoms with Crippen LogP contribution < -0.4 is 4.90 Å². The van der Waals surface area contributed by atoms with E-state index in [1.807, 2.05) is 19.1 Å². The summed E-state index contributed by atoms with van der Waals surface area (Å²) in [4.78, 5) is 32.3. The third kappa shape index (κ3) is 4.20. The Morgan fingerprint density at radius 2 is 1.89 bits per heavy atom. The summed E-state index contributed by atoms with van der Waals surface area (Å²) in [7, 11) is 1.60. The van der Waals surface area contributed by atoms with Gasteiger partial charge in [0.25, 0.3) is 5.91 Å². The molecule has 0 aliphatic carbocycles. The minimum atomic E-state index is -0.248. The van der Waals surface area contributed by atoms with Crippen LogP contribution in [0.15, 0.2) is 61.1 Å². The van der Waals surface area contributed by atoms with Crippen LogP contribution in [0.25, 0.3) is 5.69 Å². The number of rotatable bonds is 6. The first-order valence-corrected chi connectivity index (χ1v) is 9.15. The maximum atomic E-state index is 12.8. The van der Waals surface area contributed by atoms with Crippen LogP contribution in [0, 0.1) is 0 Å². The second-order valence-electron chi connectivity index (χ2n) is 6.13. The Balaban J connectivity index is 1.77. The summed E-state index contributed by atoms with van der Waals surface area (Å²) in [5.74, 6) is -0.468.